The number of hydrogen-bond acceptors (Lipinski definition) is 14. The van der Waals surface area contributed by atoms with Gasteiger partial charge in [-0.25, -0.2) is 29.5 Å². The third-order valence-corrected chi connectivity index (χ3v) is 9.92. The van der Waals surface area contributed by atoms with Crippen LogP contribution in [-0.2, 0) is 9.47 Å². The number of ether oxygens (including phenoxy) is 2. The summed E-state index contributed by atoms with van der Waals surface area (Å²) in [4.78, 5) is 77.9. The number of nitrogens with zero attached hydrogens (tertiary/aromatic N) is 12. The Balaban J connectivity index is 0.000000146. The quantitative estimate of drug-likeness (QED) is 0.182. The second kappa shape index (κ2) is 13.9. The lowest BCUT2D eigenvalue weighted by molar-refractivity contribution is -0.384. The number of aromatic amines is 2. The van der Waals surface area contributed by atoms with Crippen molar-refractivity contribution in [3.63, 3.8) is 0 Å². The van der Waals surface area contributed by atoms with Crippen molar-refractivity contribution >= 4 is 55.8 Å². The zero-order valence-electron chi connectivity index (χ0n) is 29.2. The van der Waals surface area contributed by atoms with Crippen LogP contribution >= 0.6 is 0 Å². The van der Waals surface area contributed by atoms with Gasteiger partial charge >= 0.3 is 11.4 Å². The van der Waals surface area contributed by atoms with Crippen LogP contribution in [0.1, 0.15) is 37.8 Å². The summed E-state index contributed by atoms with van der Waals surface area (Å²) in [6.07, 6.45) is 9.06. The van der Waals surface area contributed by atoms with Crippen LogP contribution in [-0.4, -0.2) is 94.4 Å². The van der Waals surface area contributed by atoms with Crippen LogP contribution in [0.15, 0.2) is 71.0 Å². The fraction of sp³-hybridized carbons (Fsp3) is 0.294. The van der Waals surface area contributed by atoms with E-state index >= 15 is 0 Å². The molecule has 8 heterocycles. The van der Waals surface area contributed by atoms with E-state index in [9.17, 15) is 29.8 Å². The van der Waals surface area contributed by atoms with E-state index in [4.69, 9.17) is 9.47 Å². The van der Waals surface area contributed by atoms with E-state index < -0.39 is 9.85 Å². The van der Waals surface area contributed by atoms with E-state index in [0.717, 1.165) is 25.7 Å². The fourth-order valence-electron chi connectivity index (χ4n) is 7.15. The van der Waals surface area contributed by atoms with Crippen LogP contribution < -0.4 is 11.4 Å². The number of benzene rings is 2. The molecule has 22 nitrogen and oxygen atoms in total. The van der Waals surface area contributed by atoms with Gasteiger partial charge in [0.15, 0.2) is 11.3 Å². The van der Waals surface area contributed by atoms with Gasteiger partial charge in [0.2, 0.25) is 11.9 Å². The normalized spacial score (nSPS) is 15.4. The summed E-state index contributed by atoms with van der Waals surface area (Å²) in [5.74, 6) is 0.624. The Morgan fingerprint density at radius 3 is 1.64 bits per heavy atom. The van der Waals surface area contributed by atoms with Gasteiger partial charge in [0.25, 0.3) is 11.4 Å². The molecule has 2 saturated heterocycles. The van der Waals surface area contributed by atoms with Gasteiger partial charge in [-0.05, 0) is 37.8 Å². The predicted octanol–water partition coefficient (Wildman–Crippen LogP) is 3.44. The zero-order valence-corrected chi connectivity index (χ0v) is 29.2. The lowest BCUT2D eigenvalue weighted by Crippen LogP contribution is -2.27. The molecule has 0 spiro atoms. The first-order chi connectivity index (χ1) is 27.2. The number of aromatic nitrogens is 12. The Kier molecular flexibility index (Phi) is 8.58. The monoisotopic (exact) mass is 762 g/mol. The Morgan fingerprint density at radius 2 is 1.11 bits per heavy atom. The number of hydrogen-bond donors (Lipinski definition) is 2. The number of imidazole rings is 4. The van der Waals surface area contributed by atoms with E-state index in [1.54, 1.807) is 36.6 Å². The first-order valence-electron chi connectivity index (χ1n) is 17.6. The Bertz CT molecular complexity index is 2930. The average Bonchev–Trinajstić information content (AvgIpc) is 3.99. The predicted molar refractivity (Wildman–Crippen MR) is 197 cm³/mol. The molecule has 6 aromatic heterocycles. The van der Waals surface area contributed by atoms with Crippen LogP contribution in [0, 0.1) is 20.2 Å². The molecule has 2 aromatic carbocycles. The molecule has 0 unspecified atom stereocenters. The molecule has 2 N–H and O–H groups in total. The van der Waals surface area contributed by atoms with E-state index in [1.165, 1.54) is 43.1 Å². The molecule has 0 radical (unpaired) electrons. The summed E-state index contributed by atoms with van der Waals surface area (Å²) in [5.41, 5.74) is 3.78. The van der Waals surface area contributed by atoms with Crippen molar-refractivity contribution in [1.82, 2.24) is 58.1 Å². The average molecular weight is 763 g/mol. The molecule has 0 aliphatic carbocycles. The molecular weight excluding hydrogens is 732 g/mol. The summed E-state index contributed by atoms with van der Waals surface area (Å²) in [6, 6.07) is 8.84. The lowest BCUT2D eigenvalue weighted by atomic mass is 10.1. The molecule has 0 atom stereocenters. The highest BCUT2D eigenvalue weighted by atomic mass is 16.6. The Labute approximate surface area is 311 Å². The first kappa shape index (κ1) is 34.6. The van der Waals surface area contributed by atoms with Crippen LogP contribution in [0.2, 0.25) is 0 Å². The van der Waals surface area contributed by atoms with Gasteiger partial charge in [0, 0.05) is 62.8 Å². The van der Waals surface area contributed by atoms with Gasteiger partial charge in [-0.15, -0.1) is 0 Å². The highest BCUT2D eigenvalue weighted by Gasteiger charge is 2.24. The van der Waals surface area contributed by atoms with Crippen molar-refractivity contribution in [2.45, 2.75) is 37.8 Å². The molecule has 56 heavy (non-hydrogen) atoms. The van der Waals surface area contributed by atoms with Gasteiger partial charge in [-0.2, -0.15) is 9.97 Å². The summed E-state index contributed by atoms with van der Waals surface area (Å²) < 4.78 is 17.3. The largest absolute Gasteiger partial charge is 0.381 e. The number of nitro benzene ring substituents is 2. The van der Waals surface area contributed by atoms with Crippen molar-refractivity contribution in [1.29, 1.82) is 0 Å². The number of fused-ring (bicyclic) bond motifs is 4. The summed E-state index contributed by atoms with van der Waals surface area (Å²) in [7, 11) is 0. The van der Waals surface area contributed by atoms with Crippen molar-refractivity contribution in [3.8, 4) is 11.9 Å². The van der Waals surface area contributed by atoms with E-state index in [0.29, 0.717) is 76.8 Å². The molecule has 22 heteroatoms. The van der Waals surface area contributed by atoms with Crippen molar-refractivity contribution < 1.29 is 19.3 Å². The number of nitrogens with one attached hydrogen (secondary N) is 2. The van der Waals surface area contributed by atoms with Crippen LogP contribution in [0.5, 0.6) is 0 Å². The van der Waals surface area contributed by atoms with Gasteiger partial charge in [0.05, 0.1) is 44.3 Å². The molecule has 10 rings (SSSR count). The van der Waals surface area contributed by atoms with Gasteiger partial charge < -0.3 is 19.4 Å². The van der Waals surface area contributed by atoms with Crippen molar-refractivity contribution in [2.24, 2.45) is 0 Å². The number of non-ortho nitro benzene ring substituents is 2. The minimum atomic E-state index is -0.465. The minimum absolute atomic E-state index is 0.00151. The molecule has 8 aromatic rings. The second-order valence-electron chi connectivity index (χ2n) is 13.2. The Morgan fingerprint density at radius 1 is 0.625 bits per heavy atom. The maximum atomic E-state index is 12.5. The summed E-state index contributed by atoms with van der Waals surface area (Å²) in [6.45, 7) is 2.40. The van der Waals surface area contributed by atoms with E-state index in [-0.39, 0.29) is 40.8 Å². The maximum absolute atomic E-state index is 12.5. The smallest absolute Gasteiger partial charge is 0.327 e. The Hall–Kier alpha value is -7.20. The molecule has 2 aliphatic heterocycles. The summed E-state index contributed by atoms with van der Waals surface area (Å²) >= 11 is 0. The standard InChI is InChI=1S/2C17H15N7O4/c25-17-20-13-8-18-16(21-15(13)23(17)10-3-5-28-6-4-10)22-9-19-12-7-11(24(26)27)1-2-14(12)22;25-17-20-13-8-18-16(21-15(13)23(17)10-3-5-28-6-4-10)22-9-19-12-2-1-11(24(26)27)7-14(12)22/h2*1-2,7-10H,3-6H2,(H,20,25). The second-order valence-corrected chi connectivity index (χ2v) is 13.2. The van der Waals surface area contributed by atoms with Crippen LogP contribution in [0.25, 0.3) is 56.3 Å². The zero-order chi connectivity index (χ0) is 38.5. The summed E-state index contributed by atoms with van der Waals surface area (Å²) in [5, 5.41) is 22.1. The van der Waals surface area contributed by atoms with E-state index in [2.05, 4.69) is 39.9 Å². The molecule has 2 fully saturated rings. The third-order valence-electron chi connectivity index (χ3n) is 9.92. The highest BCUT2D eigenvalue weighted by Crippen LogP contribution is 2.27. The molecule has 0 saturated carbocycles. The van der Waals surface area contributed by atoms with Gasteiger partial charge in [0.1, 0.15) is 23.7 Å². The topological polar surface area (TPSA) is 268 Å². The number of H-pyrrole nitrogens is 2. The van der Waals surface area contributed by atoms with Gasteiger partial charge in [-0.1, -0.05) is 0 Å². The molecule has 0 amide bonds. The molecule has 284 valence electrons. The molecule has 2 aliphatic rings. The maximum Gasteiger partial charge on any atom is 0.327 e. The SMILES string of the molecule is O=c1[nH]c2cnc(-n3cnc4cc([N+](=O)[O-])ccc43)nc2n1C1CCOCC1.O=c1[nH]c2cnc(-n3cnc4ccc([N+](=O)[O-])cc43)nc2n1C1CCOCC1. The molecule has 0 bridgehead atoms. The van der Waals surface area contributed by atoms with Crippen molar-refractivity contribution in [2.75, 3.05) is 26.4 Å². The first-order valence-corrected chi connectivity index (χ1v) is 17.6. The number of rotatable bonds is 6. The number of nitro groups is 2. The third kappa shape index (κ3) is 6.11. The fourth-order valence-corrected chi connectivity index (χ4v) is 7.15. The highest BCUT2D eigenvalue weighted by molar-refractivity contribution is 5.81. The lowest BCUT2D eigenvalue weighted by Gasteiger charge is -2.22. The van der Waals surface area contributed by atoms with Crippen molar-refractivity contribution in [3.05, 3.63) is 103 Å². The van der Waals surface area contributed by atoms with Gasteiger partial charge in [-0.3, -0.25) is 38.5 Å². The van der Waals surface area contributed by atoms with Crippen LogP contribution in [0.4, 0.5) is 11.4 Å². The molecular formula is C34H30N14O8. The minimum Gasteiger partial charge on any atom is -0.381 e. The van der Waals surface area contributed by atoms with Crippen LogP contribution in [0.3, 0.4) is 0 Å². The van der Waals surface area contributed by atoms with E-state index in [1.807, 2.05) is 0 Å².